The van der Waals surface area contributed by atoms with Gasteiger partial charge >= 0.3 is 0 Å². The number of hydrogen-bond donors (Lipinski definition) is 1. The monoisotopic (exact) mass is 300 g/mol. The van der Waals surface area contributed by atoms with Gasteiger partial charge in [0.25, 0.3) is 0 Å². The molecule has 1 unspecified atom stereocenters. The maximum Gasteiger partial charge on any atom is 0.104 e. The highest BCUT2D eigenvalue weighted by atomic mass is 32.1. The molecule has 1 heterocycles. The highest BCUT2D eigenvalue weighted by molar-refractivity contribution is 7.12. The van der Waals surface area contributed by atoms with E-state index in [4.69, 9.17) is 4.98 Å². The average Bonchev–Trinajstić information content (AvgIpc) is 3.23. The maximum absolute atomic E-state index is 4.93. The fourth-order valence-corrected chi connectivity index (χ4v) is 4.34. The Bertz CT molecular complexity index is 599. The fraction of sp³-hybridized carbons (Fsp3) is 0.500. The lowest BCUT2D eigenvalue weighted by Crippen LogP contribution is -2.18. The van der Waals surface area contributed by atoms with Gasteiger partial charge in [0.15, 0.2) is 0 Å². The van der Waals surface area contributed by atoms with Gasteiger partial charge in [0.1, 0.15) is 5.01 Å². The van der Waals surface area contributed by atoms with Crippen molar-refractivity contribution in [3.63, 3.8) is 0 Å². The van der Waals surface area contributed by atoms with Crippen LogP contribution in [0, 0.1) is 6.92 Å². The van der Waals surface area contributed by atoms with Gasteiger partial charge in [-0.25, -0.2) is 4.98 Å². The summed E-state index contributed by atoms with van der Waals surface area (Å²) < 4.78 is 0. The molecule has 1 aromatic heterocycles. The van der Waals surface area contributed by atoms with Gasteiger partial charge in [-0.3, -0.25) is 0 Å². The Morgan fingerprint density at radius 1 is 1.29 bits per heavy atom. The van der Waals surface area contributed by atoms with E-state index in [-0.39, 0.29) is 5.41 Å². The van der Waals surface area contributed by atoms with Gasteiger partial charge in [-0.05, 0) is 45.2 Å². The summed E-state index contributed by atoms with van der Waals surface area (Å²) in [6.07, 6.45) is 3.64. The van der Waals surface area contributed by atoms with E-state index in [1.54, 1.807) is 0 Å². The largest absolute Gasteiger partial charge is 0.309 e. The molecule has 112 valence electrons. The minimum absolute atomic E-state index is 0.208. The molecule has 1 aromatic carbocycles. The predicted molar refractivity (Wildman–Crippen MR) is 90.0 cm³/mol. The molecule has 0 spiro atoms. The molecular formula is C18H24N2S. The molecule has 2 aromatic rings. The van der Waals surface area contributed by atoms with E-state index in [1.165, 1.54) is 40.4 Å². The van der Waals surface area contributed by atoms with Crippen LogP contribution in [0.15, 0.2) is 30.3 Å². The number of rotatable bonds is 6. The molecule has 3 rings (SSSR count). The number of hydrogen-bond acceptors (Lipinski definition) is 3. The van der Waals surface area contributed by atoms with Crippen LogP contribution in [0.25, 0.3) is 0 Å². The summed E-state index contributed by atoms with van der Waals surface area (Å²) in [5.74, 6) is 0. The van der Waals surface area contributed by atoms with Crippen LogP contribution in [-0.4, -0.2) is 11.5 Å². The van der Waals surface area contributed by atoms with Crippen molar-refractivity contribution in [1.82, 2.24) is 10.3 Å². The van der Waals surface area contributed by atoms with Crippen molar-refractivity contribution in [2.24, 2.45) is 0 Å². The van der Waals surface area contributed by atoms with Crippen LogP contribution in [-0.2, 0) is 5.41 Å². The first-order valence-corrected chi connectivity index (χ1v) is 8.76. The molecule has 0 aliphatic heterocycles. The Kier molecular flexibility index (Phi) is 4.14. The van der Waals surface area contributed by atoms with Gasteiger partial charge in [-0.2, -0.15) is 0 Å². The van der Waals surface area contributed by atoms with Crippen LogP contribution in [0.5, 0.6) is 0 Å². The van der Waals surface area contributed by atoms with Crippen LogP contribution in [0.1, 0.15) is 60.3 Å². The van der Waals surface area contributed by atoms with Crippen molar-refractivity contribution in [2.75, 3.05) is 6.54 Å². The molecule has 1 atom stereocenters. The first-order valence-electron chi connectivity index (χ1n) is 7.94. The van der Waals surface area contributed by atoms with E-state index in [9.17, 15) is 0 Å². The van der Waals surface area contributed by atoms with Gasteiger partial charge in [0.2, 0.25) is 0 Å². The minimum Gasteiger partial charge on any atom is -0.309 e. The van der Waals surface area contributed by atoms with Crippen molar-refractivity contribution >= 4 is 11.3 Å². The summed E-state index contributed by atoms with van der Waals surface area (Å²) >= 11 is 1.91. The zero-order valence-electron chi connectivity index (χ0n) is 13.1. The molecule has 0 bridgehead atoms. The van der Waals surface area contributed by atoms with Crippen molar-refractivity contribution in [1.29, 1.82) is 0 Å². The molecule has 1 fully saturated rings. The third-order valence-electron chi connectivity index (χ3n) is 4.41. The van der Waals surface area contributed by atoms with E-state index < -0.39 is 0 Å². The van der Waals surface area contributed by atoms with Crippen molar-refractivity contribution in [3.8, 4) is 0 Å². The summed E-state index contributed by atoms with van der Waals surface area (Å²) in [6, 6.07) is 11.3. The number of nitrogens with zero attached hydrogens (tertiary/aromatic N) is 1. The molecule has 1 aliphatic carbocycles. The molecule has 3 heteroatoms. The number of aryl methyl sites for hydroxylation is 1. The normalized spacial score (nSPS) is 17.7. The summed E-state index contributed by atoms with van der Waals surface area (Å²) in [6.45, 7) is 7.68. The van der Waals surface area contributed by atoms with Crippen molar-refractivity contribution in [2.45, 2.75) is 51.5 Å². The number of nitrogens with one attached hydrogen (secondary N) is 1. The molecule has 0 amide bonds. The van der Waals surface area contributed by atoms with Gasteiger partial charge in [0.05, 0.1) is 5.69 Å². The zero-order chi connectivity index (χ0) is 14.9. The van der Waals surface area contributed by atoms with Crippen LogP contribution >= 0.6 is 11.3 Å². The third-order valence-corrected chi connectivity index (χ3v) is 5.96. The van der Waals surface area contributed by atoms with Crippen molar-refractivity contribution in [3.05, 3.63) is 51.5 Å². The highest BCUT2D eigenvalue weighted by Crippen LogP contribution is 2.55. The second-order valence-corrected chi connectivity index (χ2v) is 7.12. The Morgan fingerprint density at radius 3 is 2.62 bits per heavy atom. The number of aromatic nitrogens is 1. The van der Waals surface area contributed by atoms with Gasteiger partial charge in [-0.1, -0.05) is 37.3 Å². The molecule has 1 N–H and O–H groups in total. The molecule has 0 radical (unpaired) electrons. The predicted octanol–water partition coefficient (Wildman–Crippen LogP) is 4.59. The molecule has 1 aliphatic rings. The standard InChI is InChI=1S/C18H24N2S/c1-4-12-19-13(2)16-14(3)20-17(21-16)18(10-11-18)15-8-6-5-7-9-15/h5-9,13,19H,4,10-12H2,1-3H3. The van der Waals surface area contributed by atoms with Gasteiger partial charge in [0, 0.05) is 16.3 Å². The Hall–Kier alpha value is -1.19. The van der Waals surface area contributed by atoms with Crippen LogP contribution in [0.4, 0.5) is 0 Å². The first-order chi connectivity index (χ1) is 10.2. The summed E-state index contributed by atoms with van der Waals surface area (Å²) in [5.41, 5.74) is 2.84. The molecular weight excluding hydrogens is 276 g/mol. The Morgan fingerprint density at radius 2 is 2.00 bits per heavy atom. The Balaban J connectivity index is 1.87. The topological polar surface area (TPSA) is 24.9 Å². The summed E-state index contributed by atoms with van der Waals surface area (Å²) in [4.78, 5) is 6.33. The Labute approximate surface area is 131 Å². The lowest BCUT2D eigenvalue weighted by molar-refractivity contribution is 0.575. The SMILES string of the molecule is CCCNC(C)c1sc(C2(c3ccccc3)CC2)nc1C. The first kappa shape index (κ1) is 14.7. The van der Waals surface area contributed by atoms with E-state index in [2.05, 4.69) is 56.4 Å². The van der Waals surface area contributed by atoms with E-state index >= 15 is 0 Å². The lowest BCUT2D eigenvalue weighted by atomic mass is 9.97. The van der Waals surface area contributed by atoms with Crippen molar-refractivity contribution < 1.29 is 0 Å². The second kappa shape index (κ2) is 5.90. The summed E-state index contributed by atoms with van der Waals surface area (Å²) in [5, 5.41) is 4.90. The van der Waals surface area contributed by atoms with Gasteiger partial charge < -0.3 is 5.32 Å². The summed E-state index contributed by atoms with van der Waals surface area (Å²) in [7, 11) is 0. The second-order valence-electron chi connectivity index (χ2n) is 6.09. The van der Waals surface area contributed by atoms with E-state index in [1.807, 2.05) is 11.3 Å². The average molecular weight is 300 g/mol. The molecule has 2 nitrogen and oxygen atoms in total. The molecule has 1 saturated carbocycles. The lowest BCUT2D eigenvalue weighted by Gasteiger charge is -2.13. The van der Waals surface area contributed by atoms with E-state index in [0.717, 1.165) is 6.54 Å². The quantitative estimate of drug-likeness (QED) is 0.844. The van der Waals surface area contributed by atoms with Crippen LogP contribution in [0.2, 0.25) is 0 Å². The van der Waals surface area contributed by atoms with E-state index in [0.29, 0.717) is 6.04 Å². The fourth-order valence-electron chi connectivity index (χ4n) is 2.98. The number of benzene rings is 1. The maximum atomic E-state index is 4.93. The van der Waals surface area contributed by atoms with Crippen LogP contribution < -0.4 is 5.32 Å². The molecule has 21 heavy (non-hydrogen) atoms. The van der Waals surface area contributed by atoms with Crippen LogP contribution in [0.3, 0.4) is 0 Å². The zero-order valence-corrected chi connectivity index (χ0v) is 14.0. The highest BCUT2D eigenvalue weighted by Gasteiger charge is 2.48. The number of thiazole rings is 1. The minimum atomic E-state index is 0.208. The van der Waals surface area contributed by atoms with Gasteiger partial charge in [-0.15, -0.1) is 11.3 Å². The third kappa shape index (κ3) is 2.77. The smallest absolute Gasteiger partial charge is 0.104 e. The molecule has 0 saturated heterocycles.